The highest BCUT2D eigenvalue weighted by molar-refractivity contribution is 7.89. The van der Waals surface area contributed by atoms with Gasteiger partial charge in [-0.15, -0.1) is 0 Å². The van der Waals surface area contributed by atoms with Crippen LogP contribution >= 0.6 is 0 Å². The lowest BCUT2D eigenvalue weighted by Crippen LogP contribution is -2.38. The van der Waals surface area contributed by atoms with Crippen LogP contribution in [0.25, 0.3) is 0 Å². The topological polar surface area (TPSA) is 101 Å². The summed E-state index contributed by atoms with van der Waals surface area (Å²) in [6.07, 6.45) is 0.405. The molecule has 0 bridgehead atoms. The second-order valence-corrected chi connectivity index (χ2v) is 6.97. The number of hydrogen-bond donors (Lipinski definition) is 0. The molecule has 0 aliphatic rings. The van der Waals surface area contributed by atoms with Crippen molar-refractivity contribution in [3.63, 3.8) is 0 Å². The van der Waals surface area contributed by atoms with Gasteiger partial charge in [0.2, 0.25) is 15.9 Å². The molecule has 1 aromatic carbocycles. The molecule has 0 N–H and O–H groups in total. The molecule has 0 aliphatic heterocycles. The van der Waals surface area contributed by atoms with Gasteiger partial charge in [0, 0.05) is 33.3 Å². The molecule has 0 heterocycles. The molecule has 0 fully saturated rings. The molecule has 0 saturated carbocycles. The van der Waals surface area contributed by atoms with Gasteiger partial charge in [-0.2, -0.15) is 4.31 Å². The van der Waals surface area contributed by atoms with Crippen LogP contribution in [0, 0.1) is 10.1 Å². The molecule has 0 unspecified atom stereocenters. The maximum absolute atomic E-state index is 12.6. The Balaban J connectivity index is 3.29. The first-order valence-electron chi connectivity index (χ1n) is 6.55. The molecule has 8 nitrogen and oxygen atoms in total. The first-order valence-corrected chi connectivity index (χ1v) is 7.99. The number of nitrogens with zero attached hydrogens (tertiary/aromatic N) is 3. The Morgan fingerprint density at radius 1 is 1.27 bits per heavy atom. The summed E-state index contributed by atoms with van der Waals surface area (Å²) in [5, 5.41) is 10.9. The highest BCUT2D eigenvalue weighted by Gasteiger charge is 2.27. The molecule has 0 aliphatic carbocycles. The van der Waals surface area contributed by atoms with E-state index in [0.717, 1.165) is 10.4 Å². The highest BCUT2D eigenvalue weighted by Crippen LogP contribution is 2.25. The highest BCUT2D eigenvalue weighted by atomic mass is 32.2. The average Bonchev–Trinajstić information content (AvgIpc) is 2.45. The number of nitro groups is 1. The van der Waals surface area contributed by atoms with Gasteiger partial charge in [-0.05, 0) is 12.0 Å². The lowest BCUT2D eigenvalue weighted by molar-refractivity contribution is -0.385. The second kappa shape index (κ2) is 6.84. The summed E-state index contributed by atoms with van der Waals surface area (Å²) in [6.45, 7) is 1.42. The van der Waals surface area contributed by atoms with Gasteiger partial charge in [-0.25, -0.2) is 8.42 Å². The van der Waals surface area contributed by atoms with Gasteiger partial charge in [0.1, 0.15) is 0 Å². The Labute approximate surface area is 129 Å². The van der Waals surface area contributed by atoms with Crippen LogP contribution in [0.2, 0.25) is 0 Å². The monoisotopic (exact) mass is 329 g/mol. The number of benzene rings is 1. The van der Waals surface area contributed by atoms with Crippen molar-refractivity contribution in [1.82, 2.24) is 9.21 Å². The molecule has 1 amide bonds. The van der Waals surface area contributed by atoms with Crippen LogP contribution in [0.1, 0.15) is 12.5 Å². The molecule has 0 radical (unpaired) electrons. The van der Waals surface area contributed by atoms with Gasteiger partial charge < -0.3 is 4.90 Å². The number of carbonyl (C=O) groups excluding carboxylic acids is 1. The second-order valence-electron chi connectivity index (χ2n) is 4.95. The maximum atomic E-state index is 12.6. The summed E-state index contributed by atoms with van der Waals surface area (Å²) in [6, 6.07) is 3.72. The van der Waals surface area contributed by atoms with E-state index in [9.17, 15) is 23.3 Å². The number of sulfonamides is 1. The number of non-ortho nitro benzene ring substituents is 1. The summed E-state index contributed by atoms with van der Waals surface area (Å²) < 4.78 is 26.1. The van der Waals surface area contributed by atoms with Crippen molar-refractivity contribution < 1.29 is 18.1 Å². The van der Waals surface area contributed by atoms with Crippen molar-refractivity contribution in [2.45, 2.75) is 18.2 Å². The molecule has 0 saturated heterocycles. The van der Waals surface area contributed by atoms with E-state index in [-0.39, 0.29) is 23.0 Å². The molecule has 9 heteroatoms. The smallest absolute Gasteiger partial charge is 0.270 e. The Morgan fingerprint density at radius 3 is 2.32 bits per heavy atom. The Hall–Kier alpha value is -2.00. The van der Waals surface area contributed by atoms with E-state index in [1.165, 1.54) is 38.2 Å². The summed E-state index contributed by atoms with van der Waals surface area (Å²) in [5.41, 5.74) is 0.165. The molecule has 0 atom stereocenters. The Bertz CT molecular complexity index is 685. The standard InChI is InChI=1S/C13H19N3O5S/c1-5-10-6-7-11(16(18)19)8-12(10)22(20,21)15(4)9-13(17)14(2)3/h6-8H,5,9H2,1-4H3. The Kier molecular flexibility index (Phi) is 5.61. The predicted octanol–water partition coefficient (Wildman–Crippen LogP) is 0.866. The zero-order chi connectivity index (χ0) is 17.1. The van der Waals surface area contributed by atoms with Gasteiger partial charge in [-0.1, -0.05) is 13.0 Å². The van der Waals surface area contributed by atoms with Crippen molar-refractivity contribution in [3.8, 4) is 0 Å². The van der Waals surface area contributed by atoms with E-state index in [1.54, 1.807) is 6.92 Å². The SMILES string of the molecule is CCc1ccc([N+](=O)[O-])cc1S(=O)(=O)N(C)CC(=O)N(C)C. The van der Waals surface area contributed by atoms with Crippen LogP contribution in [-0.4, -0.2) is 56.1 Å². The maximum Gasteiger partial charge on any atom is 0.270 e. The first kappa shape index (κ1) is 18.1. The fraction of sp³-hybridized carbons (Fsp3) is 0.462. The van der Waals surface area contributed by atoms with Crippen LogP contribution in [0.15, 0.2) is 23.1 Å². The lowest BCUT2D eigenvalue weighted by atomic mass is 10.1. The summed E-state index contributed by atoms with van der Waals surface area (Å²) in [4.78, 5) is 23.0. The molecule has 22 heavy (non-hydrogen) atoms. The van der Waals surface area contributed by atoms with Crippen LogP contribution < -0.4 is 0 Å². The third kappa shape index (κ3) is 3.80. The number of rotatable bonds is 6. The fourth-order valence-corrected chi connectivity index (χ4v) is 3.20. The third-order valence-corrected chi connectivity index (χ3v) is 5.07. The van der Waals surface area contributed by atoms with Crippen LogP contribution in [0.5, 0.6) is 0 Å². The van der Waals surface area contributed by atoms with Gasteiger partial charge in [-0.3, -0.25) is 14.9 Å². The Morgan fingerprint density at radius 2 is 1.86 bits per heavy atom. The summed E-state index contributed by atoms with van der Waals surface area (Å²) >= 11 is 0. The largest absolute Gasteiger partial charge is 0.348 e. The van der Waals surface area contributed by atoms with E-state index < -0.39 is 14.9 Å². The first-order chi connectivity index (χ1) is 10.1. The van der Waals surface area contributed by atoms with E-state index >= 15 is 0 Å². The summed E-state index contributed by atoms with van der Waals surface area (Å²) in [7, 11) is 0.331. The van der Waals surface area contributed by atoms with E-state index in [2.05, 4.69) is 0 Å². The minimum atomic E-state index is -3.98. The number of nitro benzene ring substituents is 1. The molecule has 122 valence electrons. The van der Waals surface area contributed by atoms with Gasteiger partial charge in [0.25, 0.3) is 5.69 Å². The number of carbonyl (C=O) groups is 1. The zero-order valence-corrected chi connectivity index (χ0v) is 13.8. The van der Waals surface area contributed by atoms with Crippen molar-refractivity contribution in [3.05, 3.63) is 33.9 Å². The molecule has 1 rings (SSSR count). The van der Waals surface area contributed by atoms with Crippen molar-refractivity contribution in [2.75, 3.05) is 27.7 Å². The number of likely N-dealkylation sites (N-methyl/N-ethyl adjacent to an activating group) is 2. The van der Waals surface area contributed by atoms with Gasteiger partial charge in [0.15, 0.2) is 0 Å². The van der Waals surface area contributed by atoms with Crippen LogP contribution in [-0.2, 0) is 21.2 Å². The van der Waals surface area contributed by atoms with Crippen molar-refractivity contribution >= 4 is 21.6 Å². The molecular formula is C13H19N3O5S. The van der Waals surface area contributed by atoms with E-state index in [1.807, 2.05) is 0 Å². The van der Waals surface area contributed by atoms with Crippen LogP contribution in [0.3, 0.4) is 0 Å². The van der Waals surface area contributed by atoms with E-state index in [4.69, 9.17) is 0 Å². The third-order valence-electron chi connectivity index (χ3n) is 3.19. The lowest BCUT2D eigenvalue weighted by Gasteiger charge is -2.20. The minimum absolute atomic E-state index is 0.141. The number of hydrogen-bond acceptors (Lipinski definition) is 5. The van der Waals surface area contributed by atoms with Crippen molar-refractivity contribution in [1.29, 1.82) is 0 Å². The minimum Gasteiger partial charge on any atom is -0.348 e. The molecule has 1 aromatic rings. The number of aryl methyl sites for hydroxylation is 1. The van der Waals surface area contributed by atoms with E-state index in [0.29, 0.717) is 12.0 Å². The van der Waals surface area contributed by atoms with Gasteiger partial charge >= 0.3 is 0 Å². The molecule has 0 spiro atoms. The molecular weight excluding hydrogens is 310 g/mol. The fourth-order valence-electron chi connectivity index (χ4n) is 1.77. The van der Waals surface area contributed by atoms with Crippen LogP contribution in [0.4, 0.5) is 5.69 Å². The molecule has 0 aromatic heterocycles. The summed E-state index contributed by atoms with van der Waals surface area (Å²) in [5.74, 6) is -0.380. The quantitative estimate of drug-likeness (QED) is 0.569. The number of amides is 1. The van der Waals surface area contributed by atoms with Gasteiger partial charge in [0.05, 0.1) is 16.4 Å². The normalized spacial score (nSPS) is 11.5. The predicted molar refractivity (Wildman–Crippen MR) is 81.0 cm³/mol. The zero-order valence-electron chi connectivity index (χ0n) is 12.9. The van der Waals surface area contributed by atoms with Crippen molar-refractivity contribution in [2.24, 2.45) is 0 Å². The average molecular weight is 329 g/mol.